The molecule has 1 aliphatic heterocycles. The lowest BCUT2D eigenvalue weighted by Gasteiger charge is -2.28. The average Bonchev–Trinajstić information content (AvgIpc) is 2.46. The molecule has 100 valence electrons. The van der Waals surface area contributed by atoms with Crippen molar-refractivity contribution in [3.05, 3.63) is 29.8 Å². The lowest BCUT2D eigenvalue weighted by atomic mass is 9.99. The second kappa shape index (κ2) is 6.73. The zero-order chi connectivity index (χ0) is 12.8. The van der Waals surface area contributed by atoms with Gasteiger partial charge >= 0.3 is 0 Å². The van der Waals surface area contributed by atoms with Gasteiger partial charge in [-0.15, -0.1) is 0 Å². The molecule has 1 aliphatic rings. The van der Waals surface area contributed by atoms with Gasteiger partial charge in [0.25, 0.3) is 0 Å². The van der Waals surface area contributed by atoms with Crippen LogP contribution in [0.25, 0.3) is 0 Å². The van der Waals surface area contributed by atoms with Crippen molar-refractivity contribution in [2.24, 2.45) is 0 Å². The van der Waals surface area contributed by atoms with Crippen LogP contribution in [0.4, 0.5) is 0 Å². The Morgan fingerprint density at radius 2 is 2.33 bits per heavy atom. The molecule has 0 aromatic heterocycles. The van der Waals surface area contributed by atoms with Gasteiger partial charge in [-0.2, -0.15) is 0 Å². The van der Waals surface area contributed by atoms with Gasteiger partial charge in [-0.1, -0.05) is 18.2 Å². The first-order valence-electron chi connectivity index (χ1n) is 6.47. The summed E-state index contributed by atoms with van der Waals surface area (Å²) in [5.74, 6) is 0.931. The molecule has 4 nitrogen and oxygen atoms in total. The third kappa shape index (κ3) is 3.22. The molecule has 4 heteroatoms. The molecule has 0 amide bonds. The fourth-order valence-electron chi connectivity index (χ4n) is 2.39. The molecule has 18 heavy (non-hydrogen) atoms. The number of rotatable bonds is 5. The number of para-hydroxylation sites is 1. The molecule has 0 spiro atoms. The topological polar surface area (TPSA) is 42.5 Å². The highest BCUT2D eigenvalue weighted by Gasteiger charge is 2.21. The Balaban J connectivity index is 2.07. The molecular formula is C14H22N2O2. The molecule has 0 bridgehead atoms. The smallest absolute Gasteiger partial charge is 0.123 e. The largest absolute Gasteiger partial charge is 0.496 e. The Morgan fingerprint density at radius 1 is 1.50 bits per heavy atom. The second-order valence-electron chi connectivity index (χ2n) is 4.52. The summed E-state index contributed by atoms with van der Waals surface area (Å²) >= 11 is 0. The SMILES string of the molecule is CNC(CC1CNCCO1)c1ccccc1OC. The van der Waals surface area contributed by atoms with Crippen LogP contribution in [-0.4, -0.2) is 40.0 Å². The molecule has 2 N–H and O–H groups in total. The number of ether oxygens (including phenoxy) is 2. The molecule has 0 radical (unpaired) electrons. The van der Waals surface area contributed by atoms with Crippen molar-refractivity contribution in [1.82, 2.24) is 10.6 Å². The van der Waals surface area contributed by atoms with E-state index in [4.69, 9.17) is 9.47 Å². The van der Waals surface area contributed by atoms with Crippen LogP contribution in [0.5, 0.6) is 5.75 Å². The zero-order valence-corrected chi connectivity index (χ0v) is 11.1. The van der Waals surface area contributed by atoms with Crippen LogP contribution in [0.1, 0.15) is 18.0 Å². The Kier molecular flexibility index (Phi) is 4.99. The number of nitrogens with one attached hydrogen (secondary N) is 2. The normalized spacial score (nSPS) is 21.6. The first kappa shape index (κ1) is 13.3. The highest BCUT2D eigenvalue weighted by Crippen LogP contribution is 2.28. The van der Waals surface area contributed by atoms with Crippen LogP contribution in [0, 0.1) is 0 Å². The van der Waals surface area contributed by atoms with Crippen molar-refractivity contribution in [1.29, 1.82) is 0 Å². The van der Waals surface area contributed by atoms with Crippen molar-refractivity contribution < 1.29 is 9.47 Å². The van der Waals surface area contributed by atoms with E-state index in [0.29, 0.717) is 0 Å². The zero-order valence-electron chi connectivity index (χ0n) is 11.1. The number of morpholine rings is 1. The fraction of sp³-hybridized carbons (Fsp3) is 0.571. The van der Waals surface area contributed by atoms with Crippen molar-refractivity contribution in [2.75, 3.05) is 33.9 Å². The van der Waals surface area contributed by atoms with E-state index >= 15 is 0 Å². The standard InChI is InChI=1S/C14H22N2O2/c1-15-13(9-11-10-16-7-8-18-11)12-5-3-4-6-14(12)17-2/h3-6,11,13,15-16H,7-10H2,1-2H3. The van der Waals surface area contributed by atoms with Crippen molar-refractivity contribution in [3.63, 3.8) is 0 Å². The van der Waals surface area contributed by atoms with E-state index in [1.165, 1.54) is 5.56 Å². The van der Waals surface area contributed by atoms with Gasteiger partial charge in [0.05, 0.1) is 19.8 Å². The Morgan fingerprint density at radius 3 is 3.00 bits per heavy atom. The molecule has 0 saturated carbocycles. The van der Waals surface area contributed by atoms with Crippen LogP contribution in [0.15, 0.2) is 24.3 Å². The van der Waals surface area contributed by atoms with Crippen LogP contribution in [-0.2, 0) is 4.74 Å². The monoisotopic (exact) mass is 250 g/mol. The van der Waals surface area contributed by atoms with Gasteiger partial charge in [0.2, 0.25) is 0 Å². The highest BCUT2D eigenvalue weighted by molar-refractivity contribution is 5.35. The summed E-state index contributed by atoms with van der Waals surface area (Å²) in [6.07, 6.45) is 1.21. The van der Waals surface area contributed by atoms with E-state index in [2.05, 4.69) is 16.7 Å². The van der Waals surface area contributed by atoms with Crippen molar-refractivity contribution >= 4 is 0 Å². The van der Waals surface area contributed by atoms with Crippen LogP contribution in [0.3, 0.4) is 0 Å². The molecule has 1 saturated heterocycles. The summed E-state index contributed by atoms with van der Waals surface area (Å²) in [5, 5.41) is 6.71. The van der Waals surface area contributed by atoms with Gasteiger partial charge in [0.1, 0.15) is 5.75 Å². The van der Waals surface area contributed by atoms with Gasteiger partial charge in [-0.05, 0) is 19.5 Å². The highest BCUT2D eigenvalue weighted by atomic mass is 16.5. The fourth-order valence-corrected chi connectivity index (χ4v) is 2.39. The number of methoxy groups -OCH3 is 1. The third-order valence-electron chi connectivity index (χ3n) is 3.37. The first-order valence-corrected chi connectivity index (χ1v) is 6.47. The average molecular weight is 250 g/mol. The summed E-state index contributed by atoms with van der Waals surface area (Å²) in [6, 6.07) is 8.40. The third-order valence-corrected chi connectivity index (χ3v) is 3.37. The maximum Gasteiger partial charge on any atom is 0.123 e. The van der Waals surface area contributed by atoms with Gasteiger partial charge in [-0.25, -0.2) is 0 Å². The molecule has 0 aliphatic carbocycles. The summed E-state index contributed by atoms with van der Waals surface area (Å²) in [5.41, 5.74) is 1.19. The summed E-state index contributed by atoms with van der Waals surface area (Å²) in [7, 11) is 3.69. The van der Waals surface area contributed by atoms with Gasteiger partial charge < -0.3 is 20.1 Å². The summed E-state index contributed by atoms with van der Waals surface area (Å²) in [4.78, 5) is 0. The quantitative estimate of drug-likeness (QED) is 0.827. The lowest BCUT2D eigenvalue weighted by molar-refractivity contribution is 0.0175. The number of hydrogen-bond donors (Lipinski definition) is 2. The van der Waals surface area contributed by atoms with Crippen molar-refractivity contribution in [2.45, 2.75) is 18.6 Å². The Labute approximate surface area is 109 Å². The minimum Gasteiger partial charge on any atom is -0.496 e. The van der Waals surface area contributed by atoms with Gasteiger partial charge in [0, 0.05) is 24.7 Å². The van der Waals surface area contributed by atoms with E-state index in [1.54, 1.807) is 7.11 Å². The molecule has 2 atom stereocenters. The van der Waals surface area contributed by atoms with E-state index in [1.807, 2.05) is 25.2 Å². The van der Waals surface area contributed by atoms with Crippen LogP contribution in [0.2, 0.25) is 0 Å². The molecule has 2 rings (SSSR count). The molecule has 1 heterocycles. The molecule has 2 unspecified atom stereocenters. The minimum absolute atomic E-state index is 0.256. The van der Waals surface area contributed by atoms with Gasteiger partial charge in [-0.3, -0.25) is 0 Å². The summed E-state index contributed by atoms with van der Waals surface area (Å²) < 4.78 is 11.2. The van der Waals surface area contributed by atoms with E-state index < -0.39 is 0 Å². The molecule has 1 aromatic rings. The minimum atomic E-state index is 0.256. The predicted molar refractivity (Wildman–Crippen MR) is 72.0 cm³/mol. The second-order valence-corrected chi connectivity index (χ2v) is 4.52. The number of benzene rings is 1. The Hall–Kier alpha value is -1.10. The maximum absolute atomic E-state index is 5.76. The first-order chi connectivity index (χ1) is 8.85. The van der Waals surface area contributed by atoms with Crippen LogP contribution < -0.4 is 15.4 Å². The lowest BCUT2D eigenvalue weighted by Crippen LogP contribution is -2.40. The number of hydrogen-bond acceptors (Lipinski definition) is 4. The molecular weight excluding hydrogens is 228 g/mol. The van der Waals surface area contributed by atoms with Gasteiger partial charge in [0.15, 0.2) is 0 Å². The van der Waals surface area contributed by atoms with Crippen molar-refractivity contribution in [3.8, 4) is 5.75 Å². The van der Waals surface area contributed by atoms with E-state index in [0.717, 1.165) is 31.9 Å². The summed E-state index contributed by atoms with van der Waals surface area (Å²) in [6.45, 7) is 2.68. The van der Waals surface area contributed by atoms with E-state index in [9.17, 15) is 0 Å². The predicted octanol–water partition coefficient (Wildman–Crippen LogP) is 1.33. The van der Waals surface area contributed by atoms with Crippen LogP contribution >= 0.6 is 0 Å². The Bertz CT molecular complexity index is 365. The molecule has 1 fully saturated rings. The maximum atomic E-state index is 5.76. The molecule has 1 aromatic carbocycles. The van der Waals surface area contributed by atoms with E-state index in [-0.39, 0.29) is 12.1 Å².